The van der Waals surface area contributed by atoms with Gasteiger partial charge in [0.1, 0.15) is 5.52 Å². The second-order valence-electron chi connectivity index (χ2n) is 4.09. The summed E-state index contributed by atoms with van der Waals surface area (Å²) in [5.41, 5.74) is 0.828. The molecule has 3 rings (SSSR count). The third-order valence-corrected chi connectivity index (χ3v) is 4.24. The SMILES string of the molecule is Clc1cc(Cl)c2nc(NC3CCNC3)sc2c1. The number of halogens is 2. The molecule has 1 atom stereocenters. The van der Waals surface area contributed by atoms with E-state index in [4.69, 9.17) is 23.2 Å². The van der Waals surface area contributed by atoms with E-state index in [0.717, 1.165) is 34.9 Å². The van der Waals surface area contributed by atoms with Gasteiger partial charge in [0.05, 0.1) is 9.72 Å². The van der Waals surface area contributed by atoms with Gasteiger partial charge in [-0.2, -0.15) is 0 Å². The monoisotopic (exact) mass is 287 g/mol. The topological polar surface area (TPSA) is 37.0 Å². The van der Waals surface area contributed by atoms with Crippen molar-refractivity contribution in [3.05, 3.63) is 22.2 Å². The molecular weight excluding hydrogens is 277 g/mol. The van der Waals surface area contributed by atoms with Gasteiger partial charge in [-0.05, 0) is 25.1 Å². The fourth-order valence-corrected chi connectivity index (χ4v) is 3.64. The van der Waals surface area contributed by atoms with Crippen LogP contribution in [0.5, 0.6) is 0 Å². The van der Waals surface area contributed by atoms with Gasteiger partial charge in [0, 0.05) is 17.6 Å². The summed E-state index contributed by atoms with van der Waals surface area (Å²) in [6.45, 7) is 2.06. The highest BCUT2D eigenvalue weighted by atomic mass is 35.5. The first-order valence-corrected chi connectivity index (χ1v) is 7.02. The highest BCUT2D eigenvalue weighted by Gasteiger charge is 2.16. The van der Waals surface area contributed by atoms with Crippen LogP contribution < -0.4 is 10.6 Å². The maximum Gasteiger partial charge on any atom is 0.184 e. The Morgan fingerprint density at radius 3 is 3.06 bits per heavy atom. The molecule has 0 aliphatic carbocycles. The number of nitrogens with zero attached hydrogens (tertiary/aromatic N) is 1. The van der Waals surface area contributed by atoms with Crippen LogP contribution in [-0.2, 0) is 0 Å². The van der Waals surface area contributed by atoms with E-state index in [-0.39, 0.29) is 0 Å². The maximum absolute atomic E-state index is 6.11. The molecule has 1 aliphatic rings. The van der Waals surface area contributed by atoms with E-state index in [1.165, 1.54) is 0 Å². The standard InChI is InChI=1S/C11H11Cl2N3S/c12-6-3-8(13)10-9(4-6)17-11(16-10)15-7-1-2-14-5-7/h3-4,7,14H,1-2,5H2,(H,15,16). The van der Waals surface area contributed by atoms with Gasteiger partial charge in [0.15, 0.2) is 5.13 Å². The minimum Gasteiger partial charge on any atom is -0.357 e. The van der Waals surface area contributed by atoms with Crippen LogP contribution in [0.15, 0.2) is 12.1 Å². The van der Waals surface area contributed by atoms with E-state index in [1.54, 1.807) is 17.4 Å². The molecule has 0 spiro atoms. The summed E-state index contributed by atoms with van der Waals surface area (Å²) in [6.07, 6.45) is 1.13. The first-order chi connectivity index (χ1) is 8.22. The van der Waals surface area contributed by atoms with Gasteiger partial charge in [-0.1, -0.05) is 34.5 Å². The van der Waals surface area contributed by atoms with Crippen LogP contribution in [0.25, 0.3) is 10.2 Å². The molecule has 3 nitrogen and oxygen atoms in total. The van der Waals surface area contributed by atoms with E-state index in [9.17, 15) is 0 Å². The number of rotatable bonds is 2. The number of benzene rings is 1. The first kappa shape index (κ1) is 11.5. The highest BCUT2D eigenvalue weighted by Crippen LogP contribution is 2.34. The summed E-state index contributed by atoms with van der Waals surface area (Å²) in [5, 5.41) is 8.91. The van der Waals surface area contributed by atoms with Crippen molar-refractivity contribution in [2.75, 3.05) is 18.4 Å². The Kier molecular flexibility index (Phi) is 3.13. The molecule has 1 aliphatic heterocycles. The first-order valence-electron chi connectivity index (χ1n) is 5.45. The van der Waals surface area contributed by atoms with E-state index in [0.29, 0.717) is 16.1 Å². The van der Waals surface area contributed by atoms with E-state index in [1.807, 2.05) is 6.07 Å². The van der Waals surface area contributed by atoms with Gasteiger partial charge < -0.3 is 10.6 Å². The average molecular weight is 288 g/mol. The molecule has 1 aromatic heterocycles. The molecule has 0 saturated carbocycles. The van der Waals surface area contributed by atoms with Crippen molar-refractivity contribution in [3.63, 3.8) is 0 Å². The largest absolute Gasteiger partial charge is 0.357 e. The lowest BCUT2D eigenvalue weighted by Gasteiger charge is -2.08. The predicted octanol–water partition coefficient (Wildman–Crippen LogP) is 3.38. The Hall–Kier alpha value is -0.550. The van der Waals surface area contributed by atoms with E-state index < -0.39 is 0 Å². The summed E-state index contributed by atoms with van der Waals surface area (Å²) < 4.78 is 1.02. The number of fused-ring (bicyclic) bond motifs is 1. The molecule has 2 aromatic rings. The number of thiazole rings is 1. The molecular formula is C11H11Cl2N3S. The van der Waals surface area contributed by atoms with Crippen molar-refractivity contribution < 1.29 is 0 Å². The third-order valence-electron chi connectivity index (χ3n) is 2.80. The fourth-order valence-electron chi connectivity index (χ4n) is 1.97. The van der Waals surface area contributed by atoms with Gasteiger partial charge in [-0.25, -0.2) is 4.98 Å². The average Bonchev–Trinajstić information content (AvgIpc) is 2.87. The molecule has 1 saturated heterocycles. The van der Waals surface area contributed by atoms with Crippen molar-refractivity contribution >= 4 is 49.9 Å². The minimum atomic E-state index is 0.463. The normalized spacial score (nSPS) is 20.0. The number of anilines is 1. The van der Waals surface area contributed by atoms with Crippen molar-refractivity contribution in [2.24, 2.45) is 0 Å². The Balaban J connectivity index is 1.93. The molecule has 0 bridgehead atoms. The fraction of sp³-hybridized carbons (Fsp3) is 0.364. The predicted molar refractivity (Wildman–Crippen MR) is 74.5 cm³/mol. The number of nitrogens with one attached hydrogen (secondary N) is 2. The third kappa shape index (κ3) is 2.36. The van der Waals surface area contributed by atoms with Crippen LogP contribution in [-0.4, -0.2) is 24.1 Å². The van der Waals surface area contributed by atoms with Crippen LogP contribution in [0.4, 0.5) is 5.13 Å². The maximum atomic E-state index is 6.11. The smallest absolute Gasteiger partial charge is 0.184 e. The van der Waals surface area contributed by atoms with Crippen LogP contribution in [0.2, 0.25) is 10.0 Å². The van der Waals surface area contributed by atoms with Crippen LogP contribution >= 0.6 is 34.5 Å². The second-order valence-corrected chi connectivity index (χ2v) is 5.96. The Bertz CT molecular complexity index is 549. The lowest BCUT2D eigenvalue weighted by Crippen LogP contribution is -2.21. The van der Waals surface area contributed by atoms with Gasteiger partial charge in [-0.3, -0.25) is 0 Å². The molecule has 2 N–H and O–H groups in total. The van der Waals surface area contributed by atoms with Crippen molar-refractivity contribution in [1.29, 1.82) is 0 Å². The van der Waals surface area contributed by atoms with Gasteiger partial charge in [-0.15, -0.1) is 0 Å². The summed E-state index contributed by atoms with van der Waals surface area (Å²) in [5.74, 6) is 0. The lowest BCUT2D eigenvalue weighted by atomic mass is 10.3. The van der Waals surface area contributed by atoms with Crippen LogP contribution in [0.3, 0.4) is 0 Å². The summed E-state index contributed by atoms with van der Waals surface area (Å²) >= 11 is 13.7. The molecule has 1 fully saturated rings. The molecule has 90 valence electrons. The number of aromatic nitrogens is 1. The Morgan fingerprint density at radius 2 is 2.29 bits per heavy atom. The Morgan fingerprint density at radius 1 is 1.41 bits per heavy atom. The molecule has 6 heteroatoms. The molecule has 2 heterocycles. The highest BCUT2D eigenvalue weighted by molar-refractivity contribution is 7.22. The molecule has 0 amide bonds. The zero-order valence-electron chi connectivity index (χ0n) is 8.96. The zero-order chi connectivity index (χ0) is 11.8. The minimum absolute atomic E-state index is 0.463. The zero-order valence-corrected chi connectivity index (χ0v) is 11.3. The van der Waals surface area contributed by atoms with Crippen LogP contribution in [0.1, 0.15) is 6.42 Å². The Labute approximate surface area is 113 Å². The molecule has 17 heavy (non-hydrogen) atoms. The summed E-state index contributed by atoms with van der Waals surface area (Å²) in [6, 6.07) is 4.09. The van der Waals surface area contributed by atoms with Crippen molar-refractivity contribution in [2.45, 2.75) is 12.5 Å². The van der Waals surface area contributed by atoms with Gasteiger partial charge >= 0.3 is 0 Å². The molecule has 1 unspecified atom stereocenters. The second kappa shape index (κ2) is 4.61. The van der Waals surface area contributed by atoms with Gasteiger partial charge in [0.2, 0.25) is 0 Å². The van der Waals surface area contributed by atoms with Gasteiger partial charge in [0.25, 0.3) is 0 Å². The van der Waals surface area contributed by atoms with E-state index in [2.05, 4.69) is 15.6 Å². The van der Waals surface area contributed by atoms with Crippen molar-refractivity contribution in [1.82, 2.24) is 10.3 Å². The van der Waals surface area contributed by atoms with Crippen molar-refractivity contribution in [3.8, 4) is 0 Å². The quantitative estimate of drug-likeness (QED) is 0.889. The summed E-state index contributed by atoms with van der Waals surface area (Å²) in [7, 11) is 0. The molecule has 0 radical (unpaired) electrons. The number of hydrogen-bond donors (Lipinski definition) is 2. The van der Waals surface area contributed by atoms with E-state index >= 15 is 0 Å². The molecule has 1 aromatic carbocycles. The number of hydrogen-bond acceptors (Lipinski definition) is 4. The lowest BCUT2D eigenvalue weighted by molar-refractivity contribution is 0.792. The summed E-state index contributed by atoms with van der Waals surface area (Å²) in [4.78, 5) is 4.51. The van der Waals surface area contributed by atoms with Crippen LogP contribution in [0, 0.1) is 0 Å².